The molecule has 1 aliphatic rings. The smallest absolute Gasteiger partial charge is 0.319 e. The molecule has 8 heteroatoms. The fourth-order valence-corrected chi connectivity index (χ4v) is 3.02. The average molecular weight is 388 g/mol. The van der Waals surface area contributed by atoms with Crippen LogP contribution in [0.1, 0.15) is 17.3 Å². The molecule has 3 rings (SSSR count). The SMILES string of the molecule is CCNC(=O)Nc1ccc(N2CCN(C(=O)c3ccc(Cl)cc3)CC2)nc1. The van der Waals surface area contributed by atoms with E-state index >= 15 is 0 Å². The third-order valence-corrected chi connectivity index (χ3v) is 4.58. The molecule has 1 aliphatic heterocycles. The summed E-state index contributed by atoms with van der Waals surface area (Å²) in [6, 6.07) is 10.4. The number of amides is 3. The third-order valence-electron chi connectivity index (χ3n) is 4.33. The minimum Gasteiger partial charge on any atom is -0.353 e. The van der Waals surface area contributed by atoms with Crippen LogP contribution >= 0.6 is 11.6 Å². The number of carbonyl (C=O) groups excluding carboxylic acids is 2. The van der Waals surface area contributed by atoms with Crippen molar-refractivity contribution in [2.75, 3.05) is 42.9 Å². The standard InChI is InChI=1S/C19H22ClN5O2/c1-2-21-19(27)23-16-7-8-17(22-13-16)24-9-11-25(12-10-24)18(26)14-3-5-15(20)6-4-14/h3-8,13H,2,9-12H2,1H3,(H2,21,23,27). The Morgan fingerprint density at radius 3 is 2.37 bits per heavy atom. The lowest BCUT2D eigenvalue weighted by atomic mass is 10.2. The maximum absolute atomic E-state index is 12.6. The van der Waals surface area contributed by atoms with Gasteiger partial charge in [0.15, 0.2) is 0 Å². The van der Waals surface area contributed by atoms with E-state index in [1.807, 2.05) is 24.0 Å². The van der Waals surface area contributed by atoms with Gasteiger partial charge in [0.1, 0.15) is 5.82 Å². The number of nitrogens with zero attached hydrogens (tertiary/aromatic N) is 3. The Balaban J connectivity index is 1.55. The van der Waals surface area contributed by atoms with Crippen LogP contribution in [0.5, 0.6) is 0 Å². The van der Waals surface area contributed by atoms with Gasteiger partial charge in [0, 0.05) is 43.3 Å². The maximum atomic E-state index is 12.6. The summed E-state index contributed by atoms with van der Waals surface area (Å²) >= 11 is 5.88. The number of halogens is 1. The molecule has 1 fully saturated rings. The first-order valence-electron chi connectivity index (χ1n) is 8.87. The number of rotatable bonds is 4. The van der Waals surface area contributed by atoms with Crippen molar-refractivity contribution < 1.29 is 9.59 Å². The van der Waals surface area contributed by atoms with Gasteiger partial charge in [-0.25, -0.2) is 9.78 Å². The molecule has 0 aliphatic carbocycles. The van der Waals surface area contributed by atoms with Gasteiger partial charge in [0.2, 0.25) is 0 Å². The predicted molar refractivity (Wildman–Crippen MR) is 107 cm³/mol. The summed E-state index contributed by atoms with van der Waals surface area (Å²) in [7, 11) is 0. The fourth-order valence-electron chi connectivity index (χ4n) is 2.90. The number of carbonyl (C=O) groups is 2. The Morgan fingerprint density at radius 2 is 1.78 bits per heavy atom. The zero-order chi connectivity index (χ0) is 19.2. The van der Waals surface area contributed by atoms with Gasteiger partial charge in [-0.05, 0) is 43.3 Å². The van der Waals surface area contributed by atoms with E-state index in [1.165, 1.54) is 0 Å². The molecule has 0 atom stereocenters. The molecular formula is C19H22ClN5O2. The molecule has 0 spiro atoms. The molecule has 1 saturated heterocycles. The number of pyridine rings is 1. The van der Waals surface area contributed by atoms with Gasteiger partial charge in [-0.15, -0.1) is 0 Å². The molecule has 27 heavy (non-hydrogen) atoms. The molecule has 2 N–H and O–H groups in total. The topological polar surface area (TPSA) is 77.6 Å². The molecule has 7 nitrogen and oxygen atoms in total. The first kappa shape index (κ1) is 19.0. The zero-order valence-corrected chi connectivity index (χ0v) is 15.9. The molecule has 1 aromatic heterocycles. The van der Waals surface area contributed by atoms with E-state index in [9.17, 15) is 9.59 Å². The largest absolute Gasteiger partial charge is 0.353 e. The predicted octanol–water partition coefficient (Wildman–Crippen LogP) is 2.84. The summed E-state index contributed by atoms with van der Waals surface area (Å²) in [5.74, 6) is 0.843. The van der Waals surface area contributed by atoms with Gasteiger partial charge in [0.05, 0.1) is 11.9 Å². The first-order chi connectivity index (χ1) is 13.1. The van der Waals surface area contributed by atoms with Crippen LogP contribution in [0.4, 0.5) is 16.3 Å². The van der Waals surface area contributed by atoms with Gasteiger partial charge in [0.25, 0.3) is 5.91 Å². The second kappa shape index (κ2) is 8.73. The number of anilines is 2. The van der Waals surface area contributed by atoms with Crippen LogP contribution in [0.2, 0.25) is 5.02 Å². The number of hydrogen-bond donors (Lipinski definition) is 2. The number of nitrogens with one attached hydrogen (secondary N) is 2. The number of piperazine rings is 1. The van der Waals surface area contributed by atoms with Crippen LogP contribution < -0.4 is 15.5 Å². The quantitative estimate of drug-likeness (QED) is 0.845. The molecule has 0 bridgehead atoms. The molecule has 2 heterocycles. The zero-order valence-electron chi connectivity index (χ0n) is 15.1. The van der Waals surface area contributed by atoms with Crippen molar-refractivity contribution in [2.45, 2.75) is 6.92 Å². The lowest BCUT2D eigenvalue weighted by Gasteiger charge is -2.35. The highest BCUT2D eigenvalue weighted by molar-refractivity contribution is 6.30. The van der Waals surface area contributed by atoms with Crippen molar-refractivity contribution in [2.24, 2.45) is 0 Å². The van der Waals surface area contributed by atoms with Crippen molar-refractivity contribution in [3.05, 3.63) is 53.2 Å². The summed E-state index contributed by atoms with van der Waals surface area (Å²) in [5.41, 5.74) is 1.29. The molecule has 142 valence electrons. The van der Waals surface area contributed by atoms with Crippen LogP contribution in [0.25, 0.3) is 0 Å². The Bertz CT molecular complexity index is 787. The summed E-state index contributed by atoms with van der Waals surface area (Å²) in [4.78, 5) is 32.5. The van der Waals surface area contributed by atoms with Gasteiger partial charge in [-0.2, -0.15) is 0 Å². The lowest BCUT2D eigenvalue weighted by Crippen LogP contribution is -2.49. The number of hydrogen-bond acceptors (Lipinski definition) is 4. The van der Waals surface area contributed by atoms with Crippen molar-refractivity contribution >= 4 is 35.0 Å². The Kier molecular flexibility index (Phi) is 6.13. The van der Waals surface area contributed by atoms with Gasteiger partial charge >= 0.3 is 6.03 Å². The normalized spacial score (nSPS) is 14.0. The van der Waals surface area contributed by atoms with Crippen LogP contribution in [0, 0.1) is 0 Å². The van der Waals surface area contributed by atoms with Crippen LogP contribution in [0.3, 0.4) is 0 Å². The Hall–Kier alpha value is -2.80. The van der Waals surface area contributed by atoms with Crippen molar-refractivity contribution in [3.63, 3.8) is 0 Å². The maximum Gasteiger partial charge on any atom is 0.319 e. The lowest BCUT2D eigenvalue weighted by molar-refractivity contribution is 0.0746. The van der Waals surface area contributed by atoms with Crippen LogP contribution in [-0.4, -0.2) is 54.5 Å². The van der Waals surface area contributed by atoms with Crippen molar-refractivity contribution in [3.8, 4) is 0 Å². The molecule has 3 amide bonds. The monoisotopic (exact) mass is 387 g/mol. The van der Waals surface area contributed by atoms with Crippen molar-refractivity contribution in [1.29, 1.82) is 0 Å². The van der Waals surface area contributed by atoms with Crippen molar-refractivity contribution in [1.82, 2.24) is 15.2 Å². The molecular weight excluding hydrogens is 366 g/mol. The fraction of sp³-hybridized carbons (Fsp3) is 0.316. The number of aromatic nitrogens is 1. The second-order valence-electron chi connectivity index (χ2n) is 6.18. The number of benzene rings is 1. The number of urea groups is 1. The highest BCUT2D eigenvalue weighted by Gasteiger charge is 2.22. The molecule has 2 aromatic rings. The average Bonchev–Trinajstić information content (AvgIpc) is 2.69. The summed E-state index contributed by atoms with van der Waals surface area (Å²) in [6.07, 6.45) is 1.63. The Morgan fingerprint density at radius 1 is 1.07 bits per heavy atom. The van der Waals surface area contributed by atoms with Gasteiger partial charge in [-0.1, -0.05) is 11.6 Å². The minimum absolute atomic E-state index is 0.0146. The van der Waals surface area contributed by atoms with E-state index in [2.05, 4.69) is 20.5 Å². The molecule has 1 aromatic carbocycles. The summed E-state index contributed by atoms with van der Waals surface area (Å²) in [5, 5.41) is 6.01. The molecule has 0 radical (unpaired) electrons. The molecule has 0 unspecified atom stereocenters. The highest BCUT2D eigenvalue weighted by atomic mass is 35.5. The van der Waals surface area contributed by atoms with Gasteiger partial charge < -0.3 is 20.4 Å². The van der Waals surface area contributed by atoms with E-state index in [0.29, 0.717) is 49.0 Å². The Labute approximate surface area is 163 Å². The first-order valence-corrected chi connectivity index (χ1v) is 9.25. The van der Waals surface area contributed by atoms with E-state index in [4.69, 9.17) is 11.6 Å². The minimum atomic E-state index is -0.249. The van der Waals surface area contributed by atoms with E-state index in [0.717, 1.165) is 5.82 Å². The summed E-state index contributed by atoms with van der Waals surface area (Å²) < 4.78 is 0. The summed E-state index contributed by atoms with van der Waals surface area (Å²) in [6.45, 7) is 5.09. The highest BCUT2D eigenvalue weighted by Crippen LogP contribution is 2.18. The van der Waals surface area contributed by atoms with Crippen LogP contribution in [0.15, 0.2) is 42.6 Å². The van der Waals surface area contributed by atoms with E-state index in [1.54, 1.807) is 30.5 Å². The van der Waals surface area contributed by atoms with Gasteiger partial charge in [-0.3, -0.25) is 4.79 Å². The molecule has 0 saturated carbocycles. The third kappa shape index (κ3) is 4.89. The van der Waals surface area contributed by atoms with Crippen LogP contribution in [-0.2, 0) is 0 Å². The second-order valence-corrected chi connectivity index (χ2v) is 6.61. The van der Waals surface area contributed by atoms with E-state index in [-0.39, 0.29) is 11.9 Å². The van der Waals surface area contributed by atoms with E-state index < -0.39 is 0 Å².